The third-order valence-electron chi connectivity index (χ3n) is 4.06. The summed E-state index contributed by atoms with van der Waals surface area (Å²) in [5, 5.41) is 14.8. The Morgan fingerprint density at radius 3 is 2.05 bits per heavy atom. The molecule has 0 saturated heterocycles. The van der Waals surface area contributed by atoms with Crippen molar-refractivity contribution >= 4 is 12.0 Å². The van der Waals surface area contributed by atoms with E-state index in [9.17, 15) is 14.7 Å². The molecular formula is C16H24N2O3. The molecule has 1 unspecified atom stereocenters. The van der Waals surface area contributed by atoms with Gasteiger partial charge >= 0.3 is 12.0 Å². The fourth-order valence-electron chi connectivity index (χ4n) is 2.36. The first-order chi connectivity index (χ1) is 9.98. The van der Waals surface area contributed by atoms with Crippen molar-refractivity contribution in [1.29, 1.82) is 0 Å². The van der Waals surface area contributed by atoms with E-state index in [1.54, 1.807) is 30.3 Å². The van der Waals surface area contributed by atoms with Crippen LogP contribution in [-0.4, -0.2) is 22.6 Å². The highest BCUT2D eigenvalue weighted by molar-refractivity contribution is 5.84. The van der Waals surface area contributed by atoms with Gasteiger partial charge in [-0.3, -0.25) is 0 Å². The molecule has 0 bridgehead atoms. The van der Waals surface area contributed by atoms with Gasteiger partial charge in [-0.1, -0.05) is 51.1 Å². The number of hydrogen-bond donors (Lipinski definition) is 3. The number of carboxylic acid groups (broad SMARTS) is 1. The number of rotatable bonds is 7. The van der Waals surface area contributed by atoms with Crippen LogP contribution >= 0.6 is 0 Å². The van der Waals surface area contributed by atoms with Gasteiger partial charge in [0, 0.05) is 5.54 Å². The standard InChI is InChI=1S/C16H24N2O3/c1-4-16(5-2,6-3)18-15(21)17-13(14(19)20)12-10-8-7-9-11-12/h7-11,13H,4-6H2,1-3H3,(H,19,20)(H2,17,18,21). The van der Waals surface area contributed by atoms with E-state index in [1.807, 2.05) is 20.8 Å². The summed E-state index contributed by atoms with van der Waals surface area (Å²) >= 11 is 0. The molecule has 116 valence electrons. The lowest BCUT2D eigenvalue weighted by molar-refractivity contribution is -0.139. The zero-order chi connectivity index (χ0) is 15.9. The smallest absolute Gasteiger partial charge is 0.330 e. The molecule has 0 aromatic heterocycles. The minimum Gasteiger partial charge on any atom is -0.479 e. The molecule has 5 heteroatoms. The molecule has 5 nitrogen and oxygen atoms in total. The van der Waals surface area contributed by atoms with E-state index in [-0.39, 0.29) is 5.54 Å². The van der Waals surface area contributed by atoms with Crippen molar-refractivity contribution in [2.24, 2.45) is 0 Å². The monoisotopic (exact) mass is 292 g/mol. The predicted octanol–water partition coefficient (Wildman–Crippen LogP) is 3.08. The highest BCUT2D eigenvalue weighted by Gasteiger charge is 2.28. The van der Waals surface area contributed by atoms with Crippen LogP contribution in [0.3, 0.4) is 0 Å². The van der Waals surface area contributed by atoms with Crippen LogP contribution in [-0.2, 0) is 4.79 Å². The van der Waals surface area contributed by atoms with E-state index in [4.69, 9.17) is 0 Å². The fourth-order valence-corrected chi connectivity index (χ4v) is 2.36. The van der Waals surface area contributed by atoms with Gasteiger partial charge in [-0.25, -0.2) is 9.59 Å². The molecule has 1 rings (SSSR count). The summed E-state index contributed by atoms with van der Waals surface area (Å²) in [5.41, 5.74) is 0.263. The zero-order valence-corrected chi connectivity index (χ0v) is 12.8. The first-order valence-corrected chi connectivity index (χ1v) is 7.34. The summed E-state index contributed by atoms with van der Waals surface area (Å²) < 4.78 is 0. The van der Waals surface area contributed by atoms with Gasteiger partial charge in [0.05, 0.1) is 0 Å². The molecule has 0 saturated carbocycles. The highest BCUT2D eigenvalue weighted by Crippen LogP contribution is 2.19. The molecule has 0 heterocycles. The van der Waals surface area contributed by atoms with Crippen LogP contribution in [0.1, 0.15) is 51.6 Å². The third kappa shape index (κ3) is 4.48. The van der Waals surface area contributed by atoms with Crippen molar-refractivity contribution < 1.29 is 14.7 Å². The Hall–Kier alpha value is -2.04. The largest absolute Gasteiger partial charge is 0.479 e. The van der Waals surface area contributed by atoms with E-state index in [0.717, 1.165) is 19.3 Å². The molecule has 2 amide bonds. The minimum atomic E-state index is -1.08. The van der Waals surface area contributed by atoms with Crippen LogP contribution in [0.2, 0.25) is 0 Å². The molecule has 0 aliphatic carbocycles. The molecule has 0 fully saturated rings. The van der Waals surface area contributed by atoms with Crippen LogP contribution < -0.4 is 10.6 Å². The highest BCUT2D eigenvalue weighted by atomic mass is 16.4. The van der Waals surface area contributed by atoms with Crippen LogP contribution in [0, 0.1) is 0 Å². The topological polar surface area (TPSA) is 78.4 Å². The van der Waals surface area contributed by atoms with Crippen molar-refractivity contribution in [3.63, 3.8) is 0 Å². The van der Waals surface area contributed by atoms with Gasteiger partial charge in [0.1, 0.15) is 0 Å². The molecule has 0 aliphatic heterocycles. The first-order valence-electron chi connectivity index (χ1n) is 7.34. The van der Waals surface area contributed by atoms with Gasteiger partial charge in [0.2, 0.25) is 0 Å². The quantitative estimate of drug-likeness (QED) is 0.722. The molecule has 0 radical (unpaired) electrons. The van der Waals surface area contributed by atoms with Crippen molar-refractivity contribution in [3.05, 3.63) is 35.9 Å². The first kappa shape index (κ1) is 17.0. The summed E-state index contributed by atoms with van der Waals surface area (Å²) in [6.07, 6.45) is 2.41. The Morgan fingerprint density at radius 2 is 1.62 bits per heavy atom. The molecule has 21 heavy (non-hydrogen) atoms. The average molecular weight is 292 g/mol. The Labute approximate surface area is 125 Å². The van der Waals surface area contributed by atoms with Gasteiger partial charge in [-0.2, -0.15) is 0 Å². The predicted molar refractivity (Wildman–Crippen MR) is 82.1 cm³/mol. The maximum Gasteiger partial charge on any atom is 0.330 e. The molecule has 0 spiro atoms. The Balaban J connectivity index is 2.81. The molecule has 1 aromatic rings. The van der Waals surface area contributed by atoms with Crippen LogP contribution in [0.5, 0.6) is 0 Å². The SMILES string of the molecule is CCC(CC)(CC)NC(=O)NC(C(=O)O)c1ccccc1. The number of nitrogens with one attached hydrogen (secondary N) is 2. The van der Waals surface area contributed by atoms with E-state index < -0.39 is 18.0 Å². The van der Waals surface area contributed by atoms with Crippen molar-refractivity contribution in [2.45, 2.75) is 51.6 Å². The number of aliphatic carboxylic acids is 1. The van der Waals surface area contributed by atoms with Crippen molar-refractivity contribution in [3.8, 4) is 0 Å². The average Bonchev–Trinajstić information content (AvgIpc) is 2.51. The van der Waals surface area contributed by atoms with Crippen LogP contribution in [0.15, 0.2) is 30.3 Å². The summed E-state index contributed by atoms with van der Waals surface area (Å²) in [7, 11) is 0. The summed E-state index contributed by atoms with van der Waals surface area (Å²) in [6.45, 7) is 6.04. The number of amides is 2. The van der Waals surface area contributed by atoms with Gasteiger partial charge in [0.15, 0.2) is 6.04 Å². The molecule has 0 aliphatic rings. The van der Waals surface area contributed by atoms with Gasteiger partial charge in [-0.15, -0.1) is 0 Å². The number of carbonyl (C=O) groups is 2. The maximum atomic E-state index is 12.1. The summed E-state index contributed by atoms with van der Waals surface area (Å²) in [4.78, 5) is 23.5. The fraction of sp³-hybridized carbons (Fsp3) is 0.500. The number of carbonyl (C=O) groups excluding carboxylic acids is 1. The van der Waals surface area contributed by atoms with E-state index in [2.05, 4.69) is 10.6 Å². The van der Waals surface area contributed by atoms with Crippen molar-refractivity contribution in [1.82, 2.24) is 10.6 Å². The van der Waals surface area contributed by atoms with E-state index in [0.29, 0.717) is 5.56 Å². The number of hydrogen-bond acceptors (Lipinski definition) is 2. The molecular weight excluding hydrogens is 268 g/mol. The Kier molecular flexibility index (Phi) is 6.21. The minimum absolute atomic E-state index is 0.288. The zero-order valence-electron chi connectivity index (χ0n) is 12.8. The van der Waals surface area contributed by atoms with Crippen molar-refractivity contribution in [2.75, 3.05) is 0 Å². The molecule has 1 aromatic carbocycles. The number of urea groups is 1. The Morgan fingerprint density at radius 1 is 1.10 bits per heavy atom. The Bertz CT molecular complexity index is 461. The lowest BCUT2D eigenvalue weighted by Gasteiger charge is -2.32. The second kappa shape index (κ2) is 7.67. The van der Waals surface area contributed by atoms with Gasteiger partial charge < -0.3 is 15.7 Å². The third-order valence-corrected chi connectivity index (χ3v) is 4.06. The van der Waals surface area contributed by atoms with Gasteiger partial charge in [0.25, 0.3) is 0 Å². The number of benzene rings is 1. The molecule has 1 atom stereocenters. The van der Waals surface area contributed by atoms with Gasteiger partial charge in [-0.05, 0) is 24.8 Å². The summed E-state index contributed by atoms with van der Waals surface area (Å²) in [6, 6.07) is 7.18. The second-order valence-corrected chi connectivity index (χ2v) is 5.12. The maximum absolute atomic E-state index is 12.1. The second-order valence-electron chi connectivity index (χ2n) is 5.12. The molecule has 3 N–H and O–H groups in total. The lowest BCUT2D eigenvalue weighted by Crippen LogP contribution is -2.52. The normalized spacial score (nSPS) is 12.5. The van der Waals surface area contributed by atoms with E-state index >= 15 is 0 Å². The van der Waals surface area contributed by atoms with E-state index in [1.165, 1.54) is 0 Å². The van der Waals surface area contributed by atoms with Crippen LogP contribution in [0.25, 0.3) is 0 Å². The lowest BCUT2D eigenvalue weighted by atomic mass is 9.90. The number of carboxylic acids is 1. The van der Waals surface area contributed by atoms with Crippen LogP contribution in [0.4, 0.5) is 4.79 Å². The summed E-state index contributed by atoms with van der Waals surface area (Å²) in [5.74, 6) is -1.08.